The summed E-state index contributed by atoms with van der Waals surface area (Å²) in [4.78, 5) is 1.09. The lowest BCUT2D eigenvalue weighted by atomic mass is 9.86. The normalized spacial score (nSPS) is 11.6. The lowest BCUT2D eigenvalue weighted by Crippen LogP contribution is -2.21. The minimum atomic E-state index is -5.84. The highest BCUT2D eigenvalue weighted by Crippen LogP contribution is 2.40. The molecule has 3 aromatic carbocycles. The number of thiol groups is 1. The van der Waals surface area contributed by atoms with Crippen LogP contribution in [-0.4, -0.2) is 18.5 Å². The summed E-state index contributed by atoms with van der Waals surface area (Å²) in [6.07, 6.45) is 0. The Kier molecular flexibility index (Phi) is 7.39. The molecule has 1 N–H and O–H groups in total. The molecule has 0 amide bonds. The molecule has 3 aromatic rings. The molecule has 0 saturated heterocycles. The molecular formula is C22H21F3O3S2. The molecule has 0 unspecified atom stereocenters. The summed E-state index contributed by atoms with van der Waals surface area (Å²) >= 11 is 4.80. The summed E-state index contributed by atoms with van der Waals surface area (Å²) in [5.41, 5.74) is 3.41. The standard InChI is InChI=1S/C21H20S.CHF3O3S/c1-14-19(17-10-6-4-7-11-17)15(2)21(22)16(3)20(14)18-12-8-5-9-13-18;2-1(3,4)8(5,6)7/h4-13,22H,1-3H3;(H,5,6,7). The summed E-state index contributed by atoms with van der Waals surface area (Å²) in [5, 5.41) is 0. The topological polar surface area (TPSA) is 54.4 Å². The maximum atomic E-state index is 10.7. The van der Waals surface area contributed by atoms with Crippen molar-refractivity contribution in [3.8, 4) is 22.3 Å². The fourth-order valence-electron chi connectivity index (χ4n) is 3.28. The number of halogens is 3. The Bertz CT molecular complexity index is 1060. The van der Waals surface area contributed by atoms with E-state index in [0.717, 1.165) is 4.90 Å². The average molecular weight is 455 g/mol. The maximum absolute atomic E-state index is 10.7. The van der Waals surface area contributed by atoms with Gasteiger partial charge in [0.25, 0.3) is 0 Å². The molecule has 0 saturated carbocycles. The predicted molar refractivity (Wildman–Crippen MR) is 116 cm³/mol. The van der Waals surface area contributed by atoms with Gasteiger partial charge in [-0.1, -0.05) is 60.7 Å². The van der Waals surface area contributed by atoms with Crippen LogP contribution in [0.15, 0.2) is 65.6 Å². The Balaban J connectivity index is 0.000000343. The number of rotatable bonds is 2. The zero-order valence-corrected chi connectivity index (χ0v) is 18.2. The van der Waals surface area contributed by atoms with E-state index in [2.05, 4.69) is 81.4 Å². The molecule has 0 aliphatic carbocycles. The van der Waals surface area contributed by atoms with Crippen LogP contribution in [0.5, 0.6) is 0 Å². The molecule has 0 heterocycles. The number of alkyl halides is 3. The second-order valence-electron chi connectivity index (χ2n) is 6.63. The second-order valence-corrected chi connectivity index (χ2v) is 8.49. The molecule has 0 radical (unpaired) electrons. The van der Waals surface area contributed by atoms with E-state index in [9.17, 15) is 13.2 Å². The molecule has 8 heteroatoms. The van der Waals surface area contributed by atoms with Crippen LogP contribution in [0.3, 0.4) is 0 Å². The van der Waals surface area contributed by atoms with Gasteiger partial charge in [-0.3, -0.25) is 4.55 Å². The van der Waals surface area contributed by atoms with E-state index in [-0.39, 0.29) is 0 Å². The van der Waals surface area contributed by atoms with E-state index >= 15 is 0 Å². The van der Waals surface area contributed by atoms with Crippen molar-refractivity contribution in [3.05, 3.63) is 77.4 Å². The largest absolute Gasteiger partial charge is 0.522 e. The fourth-order valence-corrected chi connectivity index (χ4v) is 3.50. The Labute approximate surface area is 179 Å². The smallest absolute Gasteiger partial charge is 0.279 e. The van der Waals surface area contributed by atoms with Gasteiger partial charge >= 0.3 is 15.6 Å². The van der Waals surface area contributed by atoms with Gasteiger partial charge in [0.1, 0.15) is 0 Å². The van der Waals surface area contributed by atoms with Crippen LogP contribution in [-0.2, 0) is 10.1 Å². The third-order valence-corrected chi connectivity index (χ3v) is 5.88. The van der Waals surface area contributed by atoms with E-state index in [1.54, 1.807) is 0 Å². The number of hydrogen-bond acceptors (Lipinski definition) is 3. The lowest BCUT2D eigenvalue weighted by Gasteiger charge is -2.20. The van der Waals surface area contributed by atoms with Crippen LogP contribution in [0.4, 0.5) is 13.2 Å². The van der Waals surface area contributed by atoms with Crippen molar-refractivity contribution < 1.29 is 26.1 Å². The first-order valence-corrected chi connectivity index (χ1v) is 10.7. The molecule has 3 rings (SSSR count). The zero-order chi connectivity index (χ0) is 22.7. The highest BCUT2D eigenvalue weighted by molar-refractivity contribution is 7.86. The second kappa shape index (κ2) is 9.24. The number of hydrogen-bond donors (Lipinski definition) is 2. The van der Waals surface area contributed by atoms with Crippen molar-refractivity contribution in [2.75, 3.05) is 0 Å². The van der Waals surface area contributed by atoms with Crippen molar-refractivity contribution in [1.82, 2.24) is 0 Å². The van der Waals surface area contributed by atoms with Gasteiger partial charge in [0, 0.05) is 4.90 Å². The van der Waals surface area contributed by atoms with Crippen molar-refractivity contribution in [1.29, 1.82) is 0 Å². The molecule has 0 spiro atoms. The first kappa shape index (κ1) is 24.0. The van der Waals surface area contributed by atoms with Crippen LogP contribution in [0.2, 0.25) is 0 Å². The molecule has 30 heavy (non-hydrogen) atoms. The molecule has 0 atom stereocenters. The average Bonchev–Trinajstić information content (AvgIpc) is 2.67. The van der Waals surface area contributed by atoms with Crippen LogP contribution < -0.4 is 0 Å². The van der Waals surface area contributed by atoms with Gasteiger partial charge in [-0.2, -0.15) is 21.6 Å². The van der Waals surface area contributed by atoms with Gasteiger partial charge in [0.15, 0.2) is 0 Å². The Morgan fingerprint density at radius 2 is 1.03 bits per heavy atom. The minimum absolute atomic E-state index is 1.09. The highest BCUT2D eigenvalue weighted by atomic mass is 32.2. The third kappa shape index (κ3) is 5.24. The van der Waals surface area contributed by atoms with Crippen molar-refractivity contribution >= 4 is 22.7 Å². The van der Waals surface area contributed by atoms with E-state index in [0.29, 0.717) is 0 Å². The van der Waals surface area contributed by atoms with Crippen LogP contribution in [0, 0.1) is 20.8 Å². The minimum Gasteiger partial charge on any atom is -0.279 e. The quantitative estimate of drug-likeness (QED) is 0.260. The first-order chi connectivity index (χ1) is 13.9. The van der Waals surface area contributed by atoms with Crippen LogP contribution in [0.1, 0.15) is 16.7 Å². The Morgan fingerprint density at radius 3 is 1.30 bits per heavy atom. The molecule has 0 bridgehead atoms. The van der Waals surface area contributed by atoms with Gasteiger partial charge in [-0.25, -0.2) is 0 Å². The molecule has 0 fully saturated rings. The fraction of sp³-hybridized carbons (Fsp3) is 0.182. The lowest BCUT2D eigenvalue weighted by molar-refractivity contribution is -0.0510. The van der Waals surface area contributed by atoms with Gasteiger partial charge in [-0.05, 0) is 59.7 Å². The summed E-state index contributed by atoms with van der Waals surface area (Å²) in [5.74, 6) is 0. The van der Waals surface area contributed by atoms with E-state index in [1.807, 2.05) is 0 Å². The highest BCUT2D eigenvalue weighted by Gasteiger charge is 2.44. The summed E-state index contributed by atoms with van der Waals surface area (Å²) in [6, 6.07) is 21.2. The molecule has 160 valence electrons. The van der Waals surface area contributed by atoms with Crippen LogP contribution >= 0.6 is 12.6 Å². The molecule has 0 aromatic heterocycles. The van der Waals surface area contributed by atoms with Gasteiger partial charge in [-0.15, -0.1) is 12.6 Å². The monoisotopic (exact) mass is 454 g/mol. The summed E-state index contributed by atoms with van der Waals surface area (Å²) in [7, 11) is -5.84. The predicted octanol–water partition coefficient (Wildman–Crippen LogP) is 6.63. The third-order valence-electron chi connectivity index (χ3n) is 4.63. The first-order valence-electron chi connectivity index (χ1n) is 8.83. The summed E-state index contributed by atoms with van der Waals surface area (Å²) in [6.45, 7) is 6.55. The van der Waals surface area contributed by atoms with Gasteiger partial charge in [0.2, 0.25) is 0 Å². The Hall–Kier alpha value is -2.29. The van der Waals surface area contributed by atoms with E-state index in [1.165, 1.54) is 38.9 Å². The van der Waals surface area contributed by atoms with Gasteiger partial charge < -0.3 is 0 Å². The molecule has 3 nitrogen and oxygen atoms in total. The van der Waals surface area contributed by atoms with Crippen LogP contribution in [0.25, 0.3) is 22.3 Å². The SMILES string of the molecule is Cc1c(S)c(C)c(-c2ccccc2)c(C)c1-c1ccccc1.O=S(=O)(O)C(F)(F)F. The molecule has 0 aliphatic heterocycles. The summed E-state index contributed by atoms with van der Waals surface area (Å²) < 4.78 is 57.5. The number of benzene rings is 3. The van der Waals surface area contributed by atoms with Gasteiger partial charge in [0.05, 0.1) is 0 Å². The maximum Gasteiger partial charge on any atom is 0.522 e. The Morgan fingerprint density at radius 1 is 0.733 bits per heavy atom. The van der Waals surface area contributed by atoms with E-state index < -0.39 is 15.6 Å². The van der Waals surface area contributed by atoms with Crippen molar-refractivity contribution in [2.45, 2.75) is 31.2 Å². The van der Waals surface area contributed by atoms with Crippen molar-refractivity contribution in [3.63, 3.8) is 0 Å². The van der Waals surface area contributed by atoms with Crippen molar-refractivity contribution in [2.24, 2.45) is 0 Å². The zero-order valence-electron chi connectivity index (χ0n) is 16.5. The van der Waals surface area contributed by atoms with E-state index in [4.69, 9.17) is 25.6 Å². The molecule has 0 aliphatic rings. The molecular weight excluding hydrogens is 433 g/mol.